The molecule has 6 nitrogen and oxygen atoms in total. The number of fused-ring (bicyclic) bond motifs is 1. The zero-order valence-electron chi connectivity index (χ0n) is 15.0. The predicted molar refractivity (Wildman–Crippen MR) is 97.6 cm³/mol. The van der Waals surface area contributed by atoms with Crippen molar-refractivity contribution in [1.82, 2.24) is 4.90 Å². The maximum absolute atomic E-state index is 12.7. The first-order chi connectivity index (χ1) is 12.1. The first kappa shape index (κ1) is 17.7. The highest BCUT2D eigenvalue weighted by atomic mass is 16.5. The number of rotatable bonds is 5. The van der Waals surface area contributed by atoms with Gasteiger partial charge in [0.15, 0.2) is 0 Å². The van der Waals surface area contributed by atoms with Crippen LogP contribution in [0.5, 0.6) is 0 Å². The number of methoxy groups -OCH3 is 1. The van der Waals surface area contributed by atoms with E-state index in [1.807, 2.05) is 24.3 Å². The van der Waals surface area contributed by atoms with Crippen molar-refractivity contribution in [2.24, 2.45) is 0 Å². The number of amides is 1. The second-order valence-corrected chi connectivity index (χ2v) is 6.92. The van der Waals surface area contributed by atoms with Crippen LogP contribution in [0.15, 0.2) is 24.3 Å². The minimum atomic E-state index is -0.587. The number of anilines is 2. The molecule has 1 unspecified atom stereocenters. The van der Waals surface area contributed by atoms with Crippen LogP contribution in [0, 0.1) is 0 Å². The Balaban J connectivity index is 1.70. The third kappa shape index (κ3) is 3.49. The van der Waals surface area contributed by atoms with Crippen molar-refractivity contribution in [2.45, 2.75) is 50.6 Å². The molecule has 0 saturated carbocycles. The number of nitrogens with zero attached hydrogens (tertiary/aromatic N) is 1. The lowest BCUT2D eigenvalue weighted by Gasteiger charge is -2.45. The molecule has 1 spiro atoms. The first-order valence-electron chi connectivity index (χ1n) is 9.10. The van der Waals surface area contributed by atoms with E-state index in [0.29, 0.717) is 25.9 Å². The molecule has 0 bridgehead atoms. The van der Waals surface area contributed by atoms with Crippen molar-refractivity contribution < 1.29 is 14.3 Å². The SMILES string of the molecule is CCCCC(C(=O)OC)N1CCC2(CC1)Nc1ccccc1NC2=O. The van der Waals surface area contributed by atoms with Crippen molar-refractivity contribution >= 4 is 23.3 Å². The first-order valence-corrected chi connectivity index (χ1v) is 9.10. The van der Waals surface area contributed by atoms with E-state index in [4.69, 9.17) is 4.74 Å². The molecule has 1 aromatic rings. The molecule has 1 aromatic carbocycles. The quantitative estimate of drug-likeness (QED) is 0.803. The number of piperidine rings is 1. The van der Waals surface area contributed by atoms with Gasteiger partial charge in [-0.05, 0) is 31.4 Å². The van der Waals surface area contributed by atoms with E-state index >= 15 is 0 Å². The van der Waals surface area contributed by atoms with Crippen LogP contribution < -0.4 is 10.6 Å². The molecule has 25 heavy (non-hydrogen) atoms. The normalized spacial score (nSPS) is 20.3. The van der Waals surface area contributed by atoms with E-state index in [2.05, 4.69) is 22.5 Å². The molecule has 2 aliphatic rings. The number of carbonyl (C=O) groups is 2. The molecule has 6 heteroatoms. The van der Waals surface area contributed by atoms with Gasteiger partial charge in [-0.2, -0.15) is 0 Å². The Labute approximate surface area is 148 Å². The third-order valence-electron chi connectivity index (χ3n) is 5.38. The number of likely N-dealkylation sites (tertiary alicyclic amines) is 1. The number of esters is 1. The molecule has 0 aromatic heterocycles. The van der Waals surface area contributed by atoms with Crippen LogP contribution in [-0.4, -0.2) is 48.6 Å². The highest BCUT2D eigenvalue weighted by Gasteiger charge is 2.45. The van der Waals surface area contributed by atoms with Gasteiger partial charge < -0.3 is 15.4 Å². The maximum Gasteiger partial charge on any atom is 0.323 e. The summed E-state index contributed by atoms with van der Waals surface area (Å²) in [4.78, 5) is 27.0. The number of carbonyl (C=O) groups excluding carboxylic acids is 2. The van der Waals surface area contributed by atoms with Crippen molar-refractivity contribution in [3.63, 3.8) is 0 Å². The van der Waals surface area contributed by atoms with Gasteiger partial charge in [0.25, 0.3) is 0 Å². The van der Waals surface area contributed by atoms with Gasteiger partial charge in [-0.15, -0.1) is 0 Å². The standard InChI is InChI=1S/C19H27N3O3/c1-3-4-9-16(17(23)25-2)22-12-10-19(11-13-22)18(24)20-14-7-5-6-8-15(14)21-19/h5-8,16,21H,3-4,9-13H2,1-2H3,(H,20,24). The molecule has 2 aliphatic heterocycles. The molecule has 3 rings (SSSR count). The molecular weight excluding hydrogens is 318 g/mol. The lowest BCUT2D eigenvalue weighted by atomic mass is 9.83. The van der Waals surface area contributed by atoms with Crippen LogP contribution in [0.3, 0.4) is 0 Å². The van der Waals surface area contributed by atoms with E-state index in [1.54, 1.807) is 0 Å². The second-order valence-electron chi connectivity index (χ2n) is 6.92. The van der Waals surface area contributed by atoms with E-state index in [1.165, 1.54) is 7.11 Å². The number of benzene rings is 1. The van der Waals surface area contributed by atoms with Gasteiger partial charge in [-0.1, -0.05) is 31.9 Å². The number of ether oxygens (including phenoxy) is 1. The highest BCUT2D eigenvalue weighted by Crippen LogP contribution is 2.36. The summed E-state index contributed by atoms with van der Waals surface area (Å²) < 4.78 is 4.99. The summed E-state index contributed by atoms with van der Waals surface area (Å²) in [6, 6.07) is 7.56. The van der Waals surface area contributed by atoms with Crippen LogP contribution in [-0.2, 0) is 14.3 Å². The van der Waals surface area contributed by atoms with Gasteiger partial charge in [0, 0.05) is 13.1 Å². The van der Waals surface area contributed by atoms with E-state index < -0.39 is 5.54 Å². The predicted octanol–water partition coefficient (Wildman–Crippen LogP) is 2.62. The summed E-state index contributed by atoms with van der Waals surface area (Å²) in [5, 5.41) is 6.47. The van der Waals surface area contributed by atoms with E-state index in [0.717, 1.165) is 30.6 Å². The van der Waals surface area contributed by atoms with Crippen LogP contribution in [0.4, 0.5) is 11.4 Å². The van der Waals surface area contributed by atoms with Crippen molar-refractivity contribution in [2.75, 3.05) is 30.8 Å². The van der Waals surface area contributed by atoms with Crippen molar-refractivity contribution in [3.8, 4) is 0 Å². The summed E-state index contributed by atoms with van der Waals surface area (Å²) in [6.45, 7) is 3.52. The fraction of sp³-hybridized carbons (Fsp3) is 0.579. The number of hydrogen-bond acceptors (Lipinski definition) is 5. The molecule has 1 atom stereocenters. The van der Waals surface area contributed by atoms with E-state index in [9.17, 15) is 9.59 Å². The summed E-state index contributed by atoms with van der Waals surface area (Å²) in [7, 11) is 1.44. The van der Waals surface area contributed by atoms with Gasteiger partial charge in [0.2, 0.25) is 5.91 Å². The van der Waals surface area contributed by atoms with Crippen molar-refractivity contribution in [1.29, 1.82) is 0 Å². The fourth-order valence-electron chi connectivity index (χ4n) is 3.81. The average Bonchev–Trinajstić information content (AvgIpc) is 2.64. The Morgan fingerprint density at radius 1 is 1.28 bits per heavy atom. The number of para-hydroxylation sites is 2. The Morgan fingerprint density at radius 2 is 1.96 bits per heavy atom. The molecule has 1 saturated heterocycles. The Bertz CT molecular complexity index is 639. The number of unbranched alkanes of at least 4 members (excludes halogenated alkanes) is 1. The monoisotopic (exact) mass is 345 g/mol. The van der Waals surface area contributed by atoms with Crippen LogP contribution in [0.2, 0.25) is 0 Å². The second kappa shape index (κ2) is 7.44. The summed E-state index contributed by atoms with van der Waals surface area (Å²) in [5.74, 6) is -0.148. The van der Waals surface area contributed by atoms with Crippen LogP contribution in [0.25, 0.3) is 0 Å². The minimum absolute atomic E-state index is 0.0222. The minimum Gasteiger partial charge on any atom is -0.468 e. The van der Waals surface area contributed by atoms with Crippen molar-refractivity contribution in [3.05, 3.63) is 24.3 Å². The van der Waals surface area contributed by atoms with Crippen LogP contribution in [0.1, 0.15) is 39.0 Å². The summed E-state index contributed by atoms with van der Waals surface area (Å²) in [5.41, 5.74) is 1.21. The zero-order chi connectivity index (χ0) is 17.9. The van der Waals surface area contributed by atoms with Crippen LogP contribution >= 0.6 is 0 Å². The van der Waals surface area contributed by atoms with Gasteiger partial charge in [0.05, 0.1) is 18.5 Å². The highest BCUT2D eigenvalue weighted by molar-refractivity contribution is 6.06. The van der Waals surface area contributed by atoms with Gasteiger partial charge >= 0.3 is 5.97 Å². The smallest absolute Gasteiger partial charge is 0.323 e. The molecule has 136 valence electrons. The molecule has 2 N–H and O–H groups in total. The number of nitrogens with one attached hydrogen (secondary N) is 2. The zero-order valence-corrected chi connectivity index (χ0v) is 15.0. The Hall–Kier alpha value is -2.08. The van der Waals surface area contributed by atoms with Gasteiger partial charge in [-0.25, -0.2) is 0 Å². The van der Waals surface area contributed by atoms with Gasteiger partial charge in [0.1, 0.15) is 11.6 Å². The largest absolute Gasteiger partial charge is 0.468 e. The van der Waals surface area contributed by atoms with Gasteiger partial charge in [-0.3, -0.25) is 14.5 Å². The molecule has 2 heterocycles. The fourth-order valence-corrected chi connectivity index (χ4v) is 3.81. The molecule has 0 radical (unpaired) electrons. The molecule has 1 fully saturated rings. The third-order valence-corrected chi connectivity index (χ3v) is 5.38. The lowest BCUT2D eigenvalue weighted by molar-refractivity contribution is -0.148. The summed E-state index contributed by atoms with van der Waals surface area (Å²) >= 11 is 0. The Morgan fingerprint density at radius 3 is 2.60 bits per heavy atom. The topological polar surface area (TPSA) is 70.7 Å². The maximum atomic E-state index is 12.7. The number of hydrogen-bond donors (Lipinski definition) is 2. The molecule has 1 amide bonds. The lowest BCUT2D eigenvalue weighted by Crippen LogP contribution is -2.60. The molecule has 0 aliphatic carbocycles. The molecular formula is C19H27N3O3. The van der Waals surface area contributed by atoms with E-state index in [-0.39, 0.29) is 17.9 Å². The average molecular weight is 345 g/mol. The summed E-state index contributed by atoms with van der Waals surface area (Å²) in [6.07, 6.45) is 4.19. The Kier molecular flexibility index (Phi) is 5.27.